The molecule has 0 fully saturated rings. The van der Waals surface area contributed by atoms with Crippen LogP contribution in [0.4, 0.5) is 15.8 Å². The van der Waals surface area contributed by atoms with Gasteiger partial charge in [-0.2, -0.15) is 0 Å². The SMILES string of the molecule is Cc1ccc(NC(=S)Nc2ccc(F)cc2Br)cc1Cl. The Bertz CT molecular complexity index is 664. The van der Waals surface area contributed by atoms with Gasteiger partial charge in [0.05, 0.1) is 5.69 Å². The molecule has 0 aromatic heterocycles. The van der Waals surface area contributed by atoms with Gasteiger partial charge in [0.1, 0.15) is 5.82 Å². The smallest absolute Gasteiger partial charge is 0.175 e. The fourth-order valence-electron chi connectivity index (χ4n) is 1.55. The van der Waals surface area contributed by atoms with Gasteiger partial charge in [-0.25, -0.2) is 4.39 Å². The molecule has 0 atom stereocenters. The Labute approximate surface area is 135 Å². The largest absolute Gasteiger partial charge is 0.332 e. The van der Waals surface area contributed by atoms with E-state index in [4.69, 9.17) is 23.8 Å². The summed E-state index contributed by atoms with van der Waals surface area (Å²) in [7, 11) is 0. The lowest BCUT2D eigenvalue weighted by Crippen LogP contribution is -2.19. The number of aryl methyl sites for hydroxylation is 1. The van der Waals surface area contributed by atoms with Crippen LogP contribution in [-0.2, 0) is 0 Å². The number of hydrogen-bond donors (Lipinski definition) is 2. The molecule has 20 heavy (non-hydrogen) atoms. The van der Waals surface area contributed by atoms with Gasteiger partial charge in [-0.1, -0.05) is 17.7 Å². The molecule has 2 aromatic carbocycles. The number of halogens is 3. The van der Waals surface area contributed by atoms with Crippen LogP contribution >= 0.6 is 39.7 Å². The maximum Gasteiger partial charge on any atom is 0.175 e. The van der Waals surface area contributed by atoms with E-state index >= 15 is 0 Å². The molecule has 2 rings (SSSR count). The second-order valence-electron chi connectivity index (χ2n) is 4.17. The molecule has 2 nitrogen and oxygen atoms in total. The summed E-state index contributed by atoms with van der Waals surface area (Å²) in [6, 6.07) is 9.92. The van der Waals surface area contributed by atoms with Crippen molar-refractivity contribution >= 4 is 56.2 Å². The summed E-state index contributed by atoms with van der Waals surface area (Å²) < 4.78 is 13.6. The third-order valence-corrected chi connectivity index (χ3v) is 3.88. The summed E-state index contributed by atoms with van der Waals surface area (Å²) in [6.07, 6.45) is 0. The van der Waals surface area contributed by atoms with E-state index in [0.29, 0.717) is 20.3 Å². The number of nitrogens with one attached hydrogen (secondary N) is 2. The first kappa shape index (κ1) is 15.2. The molecule has 104 valence electrons. The maximum absolute atomic E-state index is 13.0. The molecule has 0 aliphatic heterocycles. The molecule has 0 heterocycles. The Morgan fingerprint density at radius 3 is 2.60 bits per heavy atom. The Morgan fingerprint density at radius 1 is 1.20 bits per heavy atom. The molecule has 0 amide bonds. The molecule has 0 radical (unpaired) electrons. The van der Waals surface area contributed by atoms with Gasteiger partial charge in [0.15, 0.2) is 5.11 Å². The number of anilines is 2. The fourth-order valence-corrected chi connectivity index (χ4v) is 2.40. The van der Waals surface area contributed by atoms with Gasteiger partial charge in [-0.15, -0.1) is 0 Å². The predicted molar refractivity (Wildman–Crippen MR) is 90.1 cm³/mol. The molecule has 2 N–H and O–H groups in total. The third kappa shape index (κ3) is 3.91. The molecule has 2 aromatic rings. The zero-order valence-corrected chi connectivity index (χ0v) is 13.7. The highest BCUT2D eigenvalue weighted by molar-refractivity contribution is 9.10. The first-order chi connectivity index (χ1) is 9.45. The first-order valence-electron chi connectivity index (χ1n) is 5.75. The average Bonchev–Trinajstić information content (AvgIpc) is 2.37. The van der Waals surface area contributed by atoms with E-state index in [1.54, 1.807) is 12.1 Å². The van der Waals surface area contributed by atoms with Crippen molar-refractivity contribution in [3.05, 3.63) is 57.3 Å². The minimum Gasteiger partial charge on any atom is -0.332 e. The summed E-state index contributed by atoms with van der Waals surface area (Å²) in [6.45, 7) is 1.93. The highest BCUT2D eigenvalue weighted by Gasteiger charge is 2.05. The lowest BCUT2D eigenvalue weighted by Gasteiger charge is -2.12. The summed E-state index contributed by atoms with van der Waals surface area (Å²) in [5.41, 5.74) is 2.47. The second kappa shape index (κ2) is 6.52. The quantitative estimate of drug-likeness (QED) is 0.693. The van der Waals surface area contributed by atoms with Gasteiger partial charge in [0, 0.05) is 15.2 Å². The van der Waals surface area contributed by atoms with Crippen molar-refractivity contribution in [3.8, 4) is 0 Å². The van der Waals surface area contributed by atoms with Gasteiger partial charge in [-0.05, 0) is 71.0 Å². The minimum atomic E-state index is -0.313. The summed E-state index contributed by atoms with van der Waals surface area (Å²) in [5, 5.41) is 7.07. The van der Waals surface area contributed by atoms with Crippen LogP contribution in [-0.4, -0.2) is 5.11 Å². The van der Waals surface area contributed by atoms with Crippen LogP contribution in [0.15, 0.2) is 40.9 Å². The molecular weight excluding hydrogens is 363 g/mol. The molecule has 0 saturated heterocycles. The topological polar surface area (TPSA) is 24.1 Å². The number of rotatable bonds is 2. The zero-order valence-electron chi connectivity index (χ0n) is 10.5. The van der Waals surface area contributed by atoms with E-state index in [9.17, 15) is 4.39 Å². The normalized spacial score (nSPS) is 10.2. The van der Waals surface area contributed by atoms with Crippen molar-refractivity contribution in [3.63, 3.8) is 0 Å². The van der Waals surface area contributed by atoms with Crippen molar-refractivity contribution in [1.29, 1.82) is 0 Å². The van der Waals surface area contributed by atoms with Crippen molar-refractivity contribution < 1.29 is 4.39 Å². The lowest BCUT2D eigenvalue weighted by molar-refractivity contribution is 0.627. The Balaban J connectivity index is 2.07. The Hall–Kier alpha value is -1.17. The van der Waals surface area contributed by atoms with Gasteiger partial charge in [-0.3, -0.25) is 0 Å². The highest BCUT2D eigenvalue weighted by Crippen LogP contribution is 2.24. The monoisotopic (exact) mass is 372 g/mol. The molecule has 0 unspecified atom stereocenters. The molecule has 0 saturated carbocycles. The number of hydrogen-bond acceptors (Lipinski definition) is 1. The standard InChI is InChI=1S/C14H11BrClFN2S/c1-8-2-4-10(7-12(8)16)18-14(20)19-13-5-3-9(17)6-11(13)15/h2-7H,1H3,(H2,18,19,20). The first-order valence-corrected chi connectivity index (χ1v) is 7.33. The van der Waals surface area contributed by atoms with Gasteiger partial charge in [0.2, 0.25) is 0 Å². The van der Waals surface area contributed by atoms with Crippen molar-refractivity contribution in [2.45, 2.75) is 6.92 Å². The van der Waals surface area contributed by atoms with E-state index in [-0.39, 0.29) is 5.82 Å². The molecular formula is C14H11BrClFN2S. The second-order valence-corrected chi connectivity index (χ2v) is 5.84. The molecule has 0 bridgehead atoms. The fraction of sp³-hybridized carbons (Fsp3) is 0.0714. The zero-order chi connectivity index (χ0) is 14.7. The van der Waals surface area contributed by atoms with Gasteiger partial charge < -0.3 is 10.6 Å². The van der Waals surface area contributed by atoms with Crippen LogP contribution in [0.25, 0.3) is 0 Å². The Kier molecular flexibility index (Phi) is 4.96. The molecule has 0 aliphatic carbocycles. The van der Waals surface area contributed by atoms with Gasteiger partial charge >= 0.3 is 0 Å². The molecule has 0 aliphatic rings. The van der Waals surface area contributed by atoms with Gasteiger partial charge in [0.25, 0.3) is 0 Å². The van der Waals surface area contributed by atoms with Crippen LogP contribution in [0.1, 0.15) is 5.56 Å². The van der Waals surface area contributed by atoms with Crippen molar-refractivity contribution in [2.24, 2.45) is 0 Å². The third-order valence-electron chi connectivity index (χ3n) is 2.61. The minimum absolute atomic E-state index is 0.313. The van der Waals surface area contributed by atoms with E-state index in [2.05, 4.69) is 26.6 Å². The molecule has 6 heteroatoms. The van der Waals surface area contributed by atoms with E-state index in [1.807, 2.05) is 19.1 Å². The highest BCUT2D eigenvalue weighted by atomic mass is 79.9. The van der Waals surface area contributed by atoms with E-state index < -0.39 is 0 Å². The number of thiocarbonyl (C=S) groups is 1. The number of benzene rings is 2. The van der Waals surface area contributed by atoms with Crippen molar-refractivity contribution in [1.82, 2.24) is 0 Å². The predicted octanol–water partition coefficient (Wildman–Crippen LogP) is 5.36. The maximum atomic E-state index is 13.0. The van der Waals surface area contributed by atoms with Crippen LogP contribution in [0.2, 0.25) is 5.02 Å². The average molecular weight is 374 g/mol. The van der Waals surface area contributed by atoms with E-state index in [1.165, 1.54) is 12.1 Å². The van der Waals surface area contributed by atoms with Crippen LogP contribution < -0.4 is 10.6 Å². The summed E-state index contributed by atoms with van der Waals surface area (Å²) >= 11 is 14.5. The Morgan fingerprint density at radius 2 is 1.95 bits per heavy atom. The van der Waals surface area contributed by atoms with E-state index in [0.717, 1.165) is 11.3 Å². The molecule has 0 spiro atoms. The lowest BCUT2D eigenvalue weighted by atomic mass is 10.2. The van der Waals surface area contributed by atoms with Crippen molar-refractivity contribution in [2.75, 3.05) is 10.6 Å². The van der Waals surface area contributed by atoms with Crippen LogP contribution in [0, 0.1) is 12.7 Å². The van der Waals surface area contributed by atoms with Crippen LogP contribution in [0.3, 0.4) is 0 Å². The van der Waals surface area contributed by atoms with Crippen LogP contribution in [0.5, 0.6) is 0 Å². The summed E-state index contributed by atoms with van der Waals surface area (Å²) in [4.78, 5) is 0. The summed E-state index contributed by atoms with van der Waals surface area (Å²) in [5.74, 6) is -0.313.